The summed E-state index contributed by atoms with van der Waals surface area (Å²) < 4.78 is 12.8. The fraction of sp³-hybridized carbons (Fsp3) is 0.250. The van der Waals surface area contributed by atoms with E-state index < -0.39 is 11.7 Å². The van der Waals surface area contributed by atoms with Crippen molar-refractivity contribution in [2.75, 3.05) is 17.3 Å². The minimum absolute atomic E-state index is 0.152. The number of halogens is 1. The number of carbonyl (C=O) groups excluding carboxylic acids is 1. The monoisotopic (exact) mass is 480 g/mol. The molecule has 0 radical (unpaired) electrons. The van der Waals surface area contributed by atoms with Gasteiger partial charge in [-0.25, -0.2) is 24.6 Å². The van der Waals surface area contributed by atoms with E-state index >= 15 is 0 Å². The van der Waals surface area contributed by atoms with Crippen LogP contribution in [0.2, 0.25) is 5.28 Å². The Hall–Kier alpha value is -3.85. The third kappa shape index (κ3) is 5.04. The van der Waals surface area contributed by atoms with E-state index in [1.54, 1.807) is 43.6 Å². The van der Waals surface area contributed by atoms with E-state index in [1.165, 1.54) is 4.90 Å². The Morgan fingerprint density at radius 1 is 1.09 bits per heavy atom. The number of amides is 1. The first-order valence-corrected chi connectivity index (χ1v) is 10.9. The van der Waals surface area contributed by atoms with Gasteiger partial charge in [0.2, 0.25) is 11.2 Å². The Kier molecular flexibility index (Phi) is 6.30. The summed E-state index contributed by atoms with van der Waals surface area (Å²) in [6.07, 6.45) is 1.04. The summed E-state index contributed by atoms with van der Waals surface area (Å²) in [4.78, 5) is 27.5. The van der Waals surface area contributed by atoms with Gasteiger partial charge in [-0.05, 0) is 80.9 Å². The molecule has 9 nitrogen and oxygen atoms in total. The average molecular weight is 481 g/mol. The zero-order chi connectivity index (χ0) is 24.5. The van der Waals surface area contributed by atoms with Gasteiger partial charge in [0.25, 0.3) is 0 Å². The second kappa shape index (κ2) is 9.18. The molecule has 1 amide bonds. The number of hydrogen-bond acceptors (Lipinski definition) is 7. The van der Waals surface area contributed by atoms with Crippen LogP contribution >= 0.6 is 11.6 Å². The highest BCUT2D eigenvalue weighted by Crippen LogP contribution is 2.32. The van der Waals surface area contributed by atoms with Crippen molar-refractivity contribution in [3.8, 4) is 5.75 Å². The number of imidazole rings is 1. The Bertz CT molecular complexity index is 1330. The van der Waals surface area contributed by atoms with Crippen LogP contribution in [0.5, 0.6) is 5.75 Å². The van der Waals surface area contributed by atoms with E-state index in [1.807, 2.05) is 50.6 Å². The van der Waals surface area contributed by atoms with Gasteiger partial charge in [-0.1, -0.05) is 0 Å². The third-order valence-electron chi connectivity index (χ3n) is 4.86. The van der Waals surface area contributed by atoms with Crippen molar-refractivity contribution in [3.63, 3.8) is 0 Å². The van der Waals surface area contributed by atoms with Crippen LogP contribution < -0.4 is 15.0 Å². The van der Waals surface area contributed by atoms with Gasteiger partial charge in [0.05, 0.1) is 23.8 Å². The molecule has 34 heavy (non-hydrogen) atoms. The maximum absolute atomic E-state index is 13.3. The number of anilines is 4. The molecule has 2 heterocycles. The molecule has 0 spiro atoms. The lowest BCUT2D eigenvalue weighted by Crippen LogP contribution is -2.35. The number of rotatable bonds is 5. The number of aromatic nitrogens is 4. The largest absolute Gasteiger partial charge is 0.497 e. The summed E-state index contributed by atoms with van der Waals surface area (Å²) in [5.74, 6) is 1.65. The SMILES string of the molecule is COc1ccc(N(C(=O)OC(C)(C)C)c2nc3cc(Nc4ccnc(Cl)n4)ccc3n2C)cc1. The first-order valence-electron chi connectivity index (χ1n) is 10.5. The van der Waals surface area contributed by atoms with Crippen molar-refractivity contribution < 1.29 is 14.3 Å². The highest BCUT2D eigenvalue weighted by Gasteiger charge is 2.28. The van der Waals surface area contributed by atoms with Crippen LogP contribution in [0.25, 0.3) is 11.0 Å². The van der Waals surface area contributed by atoms with E-state index in [9.17, 15) is 4.79 Å². The zero-order valence-electron chi connectivity index (χ0n) is 19.5. The Labute approximate surface area is 202 Å². The molecule has 0 fully saturated rings. The smallest absolute Gasteiger partial charge is 0.421 e. The lowest BCUT2D eigenvalue weighted by molar-refractivity contribution is 0.0596. The molecule has 0 saturated carbocycles. The first kappa shape index (κ1) is 23.3. The number of nitrogens with zero attached hydrogens (tertiary/aromatic N) is 5. The summed E-state index contributed by atoms with van der Waals surface area (Å²) in [7, 11) is 3.44. The number of aryl methyl sites for hydroxylation is 1. The van der Waals surface area contributed by atoms with Crippen molar-refractivity contribution in [1.82, 2.24) is 19.5 Å². The van der Waals surface area contributed by atoms with E-state index in [4.69, 9.17) is 26.1 Å². The van der Waals surface area contributed by atoms with Gasteiger partial charge in [-0.3, -0.25) is 0 Å². The molecule has 0 atom stereocenters. The van der Waals surface area contributed by atoms with Crippen LogP contribution in [-0.4, -0.2) is 38.3 Å². The van der Waals surface area contributed by atoms with E-state index in [2.05, 4.69) is 15.3 Å². The predicted molar refractivity (Wildman–Crippen MR) is 132 cm³/mol. The second-order valence-corrected chi connectivity index (χ2v) is 8.86. The Balaban J connectivity index is 1.75. The number of carbonyl (C=O) groups is 1. The number of nitrogens with one attached hydrogen (secondary N) is 1. The number of methoxy groups -OCH3 is 1. The molecule has 2 aromatic heterocycles. The molecular formula is C24H25ClN6O3. The zero-order valence-corrected chi connectivity index (χ0v) is 20.3. The summed E-state index contributed by atoms with van der Waals surface area (Å²) in [5.41, 5.74) is 2.21. The predicted octanol–water partition coefficient (Wildman–Crippen LogP) is 5.84. The molecule has 4 rings (SSSR count). The quantitative estimate of drug-likeness (QED) is 0.358. The molecule has 1 N–H and O–H groups in total. The lowest BCUT2D eigenvalue weighted by atomic mass is 10.2. The Morgan fingerprint density at radius 3 is 2.47 bits per heavy atom. The lowest BCUT2D eigenvalue weighted by Gasteiger charge is -2.26. The molecule has 0 unspecified atom stereocenters. The standard InChI is InChI=1S/C24H25ClN6O3/c1-24(2,3)34-23(32)31(16-7-9-17(33-5)10-8-16)22-28-18-14-15(6-11-19(18)30(22)4)27-20-12-13-26-21(25)29-20/h6-14H,1-5H3,(H,26,27,29). The molecule has 0 saturated heterocycles. The van der Waals surface area contributed by atoms with Gasteiger partial charge < -0.3 is 19.4 Å². The maximum Gasteiger partial charge on any atom is 0.421 e. The van der Waals surface area contributed by atoms with Crippen LogP contribution in [0.4, 0.5) is 27.9 Å². The molecule has 176 valence electrons. The van der Waals surface area contributed by atoms with Crippen LogP contribution in [0.1, 0.15) is 20.8 Å². The summed E-state index contributed by atoms with van der Waals surface area (Å²) in [6, 6.07) is 14.5. The van der Waals surface area contributed by atoms with Gasteiger partial charge in [-0.2, -0.15) is 0 Å². The maximum atomic E-state index is 13.3. The van der Waals surface area contributed by atoms with E-state index in [-0.39, 0.29) is 5.28 Å². The van der Waals surface area contributed by atoms with Crippen LogP contribution in [-0.2, 0) is 11.8 Å². The van der Waals surface area contributed by atoms with Crippen molar-refractivity contribution >= 4 is 51.9 Å². The second-order valence-electron chi connectivity index (χ2n) is 8.52. The number of hydrogen-bond donors (Lipinski definition) is 1. The minimum atomic E-state index is -0.678. The number of ether oxygens (including phenoxy) is 2. The molecule has 0 aliphatic carbocycles. The molecule has 0 aliphatic rings. The highest BCUT2D eigenvalue weighted by molar-refractivity contribution is 6.28. The summed E-state index contributed by atoms with van der Waals surface area (Å²) in [5, 5.41) is 3.34. The fourth-order valence-electron chi connectivity index (χ4n) is 3.36. The highest BCUT2D eigenvalue weighted by atomic mass is 35.5. The molecule has 10 heteroatoms. The van der Waals surface area contributed by atoms with Crippen molar-refractivity contribution in [2.24, 2.45) is 7.05 Å². The van der Waals surface area contributed by atoms with Crippen LogP contribution in [0.3, 0.4) is 0 Å². The normalized spacial score (nSPS) is 11.4. The average Bonchev–Trinajstić information content (AvgIpc) is 3.08. The first-order chi connectivity index (χ1) is 16.1. The van der Waals surface area contributed by atoms with Gasteiger partial charge >= 0.3 is 6.09 Å². The molecule has 2 aromatic carbocycles. The number of benzene rings is 2. The van der Waals surface area contributed by atoms with E-state index in [0.29, 0.717) is 28.7 Å². The van der Waals surface area contributed by atoms with Gasteiger partial charge in [0, 0.05) is 18.9 Å². The van der Waals surface area contributed by atoms with Crippen molar-refractivity contribution in [1.29, 1.82) is 0 Å². The molecule has 0 bridgehead atoms. The van der Waals surface area contributed by atoms with Crippen LogP contribution in [0, 0.1) is 0 Å². The fourth-order valence-corrected chi connectivity index (χ4v) is 3.51. The molecule has 0 aliphatic heterocycles. The van der Waals surface area contributed by atoms with Crippen LogP contribution in [0.15, 0.2) is 54.7 Å². The third-order valence-corrected chi connectivity index (χ3v) is 5.04. The molecular weight excluding hydrogens is 456 g/mol. The van der Waals surface area contributed by atoms with Crippen molar-refractivity contribution in [3.05, 3.63) is 60.0 Å². The van der Waals surface area contributed by atoms with E-state index in [0.717, 1.165) is 11.2 Å². The Morgan fingerprint density at radius 2 is 1.82 bits per heavy atom. The van der Waals surface area contributed by atoms with Gasteiger partial charge in [-0.15, -0.1) is 0 Å². The molecule has 4 aromatic rings. The number of fused-ring (bicyclic) bond motifs is 1. The topological polar surface area (TPSA) is 94.4 Å². The van der Waals surface area contributed by atoms with Gasteiger partial charge in [0.15, 0.2) is 0 Å². The summed E-state index contributed by atoms with van der Waals surface area (Å²) >= 11 is 5.88. The van der Waals surface area contributed by atoms with Crippen molar-refractivity contribution in [2.45, 2.75) is 26.4 Å². The summed E-state index contributed by atoms with van der Waals surface area (Å²) in [6.45, 7) is 5.47. The minimum Gasteiger partial charge on any atom is -0.497 e. The van der Waals surface area contributed by atoms with Gasteiger partial charge in [0.1, 0.15) is 17.2 Å².